The zero-order chi connectivity index (χ0) is 14.8. The van der Waals surface area contributed by atoms with Crippen molar-refractivity contribution in [1.82, 2.24) is 0 Å². The number of nitrogen functional groups attached to an aromatic ring is 1. The number of nitrogens with two attached hydrogens (primary N) is 1. The monoisotopic (exact) mass is 304 g/mol. The van der Waals surface area contributed by atoms with Crippen LogP contribution in [0.15, 0.2) is 4.90 Å². The van der Waals surface area contributed by atoms with E-state index in [1.807, 2.05) is 13.8 Å². The third kappa shape index (κ3) is 3.27. The van der Waals surface area contributed by atoms with Crippen molar-refractivity contribution in [3.8, 4) is 0 Å². The largest absolute Gasteiger partial charge is 0.396 e. The van der Waals surface area contributed by atoms with Crippen molar-refractivity contribution in [2.75, 3.05) is 16.8 Å². The molecule has 1 heterocycles. The summed E-state index contributed by atoms with van der Waals surface area (Å²) in [4.78, 5) is 12.2. The lowest BCUT2D eigenvalue weighted by Crippen LogP contribution is -2.13. The number of rotatable bonds is 6. The van der Waals surface area contributed by atoms with E-state index in [1.165, 1.54) is 0 Å². The molecule has 3 N–H and O–H groups in total. The second kappa shape index (κ2) is 5.92. The molecule has 1 rings (SSSR count). The number of anilines is 2. The van der Waals surface area contributed by atoms with Gasteiger partial charge >= 0.3 is 0 Å². The fraction of sp³-hybridized carbons (Fsp3) is 0.583. The van der Waals surface area contributed by atoms with E-state index in [1.54, 1.807) is 13.8 Å². The van der Waals surface area contributed by atoms with Crippen LogP contribution in [0.2, 0.25) is 0 Å². The summed E-state index contributed by atoms with van der Waals surface area (Å²) in [6.07, 6.45) is 0.303. The first-order valence-corrected chi connectivity index (χ1v) is 8.66. The normalized spacial score (nSPS) is 11.8. The van der Waals surface area contributed by atoms with Gasteiger partial charge in [-0.15, -0.1) is 11.3 Å². The summed E-state index contributed by atoms with van der Waals surface area (Å²) in [5.41, 5.74) is 5.97. The third-order valence-electron chi connectivity index (χ3n) is 2.58. The highest BCUT2D eigenvalue weighted by Gasteiger charge is 2.28. The van der Waals surface area contributed by atoms with Gasteiger partial charge in [0.05, 0.1) is 16.3 Å². The average molecular weight is 304 g/mol. The molecule has 0 aromatic carbocycles. The molecule has 0 bridgehead atoms. The van der Waals surface area contributed by atoms with E-state index in [9.17, 15) is 13.2 Å². The van der Waals surface area contributed by atoms with Gasteiger partial charge in [-0.2, -0.15) is 0 Å². The number of hydrogen-bond donors (Lipinski definition) is 2. The molecule has 0 saturated heterocycles. The second-order valence-corrected chi connectivity index (χ2v) is 7.72. The molecular formula is C12H20N2O3S2. The van der Waals surface area contributed by atoms with Crippen LogP contribution in [0.25, 0.3) is 0 Å². The van der Waals surface area contributed by atoms with Gasteiger partial charge in [-0.05, 0) is 13.8 Å². The molecule has 1 aromatic rings. The van der Waals surface area contributed by atoms with Gasteiger partial charge in [0.2, 0.25) is 0 Å². The second-order valence-electron chi connectivity index (χ2n) is 4.48. The minimum absolute atomic E-state index is 0.0412. The molecule has 0 aliphatic heterocycles. The van der Waals surface area contributed by atoms with Gasteiger partial charge in [0.25, 0.3) is 0 Å². The van der Waals surface area contributed by atoms with Gasteiger partial charge in [-0.1, -0.05) is 13.8 Å². The summed E-state index contributed by atoms with van der Waals surface area (Å²) in [5.74, 6) is -0.174. The Kier molecular flexibility index (Phi) is 4.98. The Morgan fingerprint density at radius 1 is 1.37 bits per heavy atom. The summed E-state index contributed by atoms with van der Waals surface area (Å²) in [5, 5.41) is 3.53. The SMILES string of the molecule is CCC(=O)c1sc(NC(C)C)c(S(=O)(=O)CC)c1N. The maximum atomic E-state index is 12.1. The third-order valence-corrected chi connectivity index (χ3v) is 5.70. The van der Waals surface area contributed by atoms with Crippen molar-refractivity contribution in [3.63, 3.8) is 0 Å². The summed E-state index contributed by atoms with van der Waals surface area (Å²) >= 11 is 1.12. The van der Waals surface area contributed by atoms with Crippen molar-refractivity contribution < 1.29 is 13.2 Å². The van der Waals surface area contributed by atoms with Crippen molar-refractivity contribution in [2.24, 2.45) is 0 Å². The summed E-state index contributed by atoms with van der Waals surface area (Å²) < 4.78 is 24.2. The molecule has 0 aliphatic rings. The molecule has 0 aliphatic carbocycles. The Balaban J connectivity index is 3.49. The smallest absolute Gasteiger partial charge is 0.183 e. The van der Waals surface area contributed by atoms with Crippen LogP contribution >= 0.6 is 11.3 Å². The van der Waals surface area contributed by atoms with Gasteiger partial charge in [0.15, 0.2) is 15.6 Å². The topological polar surface area (TPSA) is 89.3 Å². The minimum Gasteiger partial charge on any atom is -0.396 e. The first kappa shape index (κ1) is 16.0. The van der Waals surface area contributed by atoms with E-state index in [0.717, 1.165) is 11.3 Å². The van der Waals surface area contributed by atoms with Crippen LogP contribution < -0.4 is 11.1 Å². The number of sulfone groups is 1. The quantitative estimate of drug-likeness (QED) is 0.788. The van der Waals surface area contributed by atoms with E-state index in [2.05, 4.69) is 5.32 Å². The first-order chi connectivity index (χ1) is 8.74. The summed E-state index contributed by atoms with van der Waals surface area (Å²) in [7, 11) is -3.46. The number of nitrogens with one attached hydrogen (secondary N) is 1. The zero-order valence-corrected chi connectivity index (χ0v) is 13.2. The molecular weight excluding hydrogens is 284 g/mol. The summed E-state index contributed by atoms with van der Waals surface area (Å²) in [6, 6.07) is 0.0634. The number of ketones is 1. The Bertz CT molecular complexity index is 574. The molecule has 0 amide bonds. The highest BCUT2D eigenvalue weighted by molar-refractivity contribution is 7.91. The predicted molar refractivity (Wildman–Crippen MR) is 79.8 cm³/mol. The molecule has 19 heavy (non-hydrogen) atoms. The van der Waals surface area contributed by atoms with E-state index in [4.69, 9.17) is 5.73 Å². The molecule has 5 nitrogen and oxygen atoms in total. The van der Waals surface area contributed by atoms with E-state index in [-0.39, 0.29) is 28.2 Å². The van der Waals surface area contributed by atoms with E-state index < -0.39 is 9.84 Å². The highest BCUT2D eigenvalue weighted by atomic mass is 32.2. The lowest BCUT2D eigenvalue weighted by molar-refractivity contribution is 0.0992. The van der Waals surface area contributed by atoms with E-state index in [0.29, 0.717) is 16.3 Å². The maximum absolute atomic E-state index is 12.1. The van der Waals surface area contributed by atoms with Crippen LogP contribution in [0.3, 0.4) is 0 Å². The molecule has 0 atom stereocenters. The van der Waals surface area contributed by atoms with Gasteiger partial charge < -0.3 is 11.1 Å². The maximum Gasteiger partial charge on any atom is 0.183 e. The fourth-order valence-corrected chi connectivity index (χ4v) is 4.42. The van der Waals surface area contributed by atoms with Crippen LogP contribution in [-0.2, 0) is 9.84 Å². The van der Waals surface area contributed by atoms with Crippen molar-refractivity contribution in [1.29, 1.82) is 0 Å². The van der Waals surface area contributed by atoms with Crippen LogP contribution in [0.1, 0.15) is 43.8 Å². The number of thiophene rings is 1. The average Bonchev–Trinajstić information content (AvgIpc) is 2.65. The van der Waals surface area contributed by atoms with Crippen LogP contribution in [0.5, 0.6) is 0 Å². The molecule has 1 aromatic heterocycles. The molecule has 0 fully saturated rings. The summed E-state index contributed by atoms with van der Waals surface area (Å²) in [6.45, 7) is 7.09. The standard InChI is InChI=1S/C12H20N2O3S2/c1-5-8(15)10-9(13)11(19(16,17)6-2)12(18-10)14-7(3)4/h7,14H,5-6,13H2,1-4H3. The first-order valence-electron chi connectivity index (χ1n) is 6.19. The van der Waals surface area contributed by atoms with Gasteiger partial charge in [0.1, 0.15) is 9.90 Å². The molecule has 0 spiro atoms. The van der Waals surface area contributed by atoms with Gasteiger partial charge in [0, 0.05) is 12.5 Å². The number of carbonyl (C=O) groups is 1. The fourth-order valence-electron chi connectivity index (χ4n) is 1.61. The molecule has 108 valence electrons. The molecule has 0 saturated carbocycles. The molecule has 0 unspecified atom stereocenters. The zero-order valence-electron chi connectivity index (χ0n) is 11.6. The Morgan fingerprint density at radius 2 is 1.95 bits per heavy atom. The van der Waals surface area contributed by atoms with E-state index >= 15 is 0 Å². The lowest BCUT2D eigenvalue weighted by Gasteiger charge is -2.10. The number of hydrogen-bond acceptors (Lipinski definition) is 6. The van der Waals surface area contributed by atoms with Crippen molar-refractivity contribution in [2.45, 2.75) is 45.1 Å². The number of carbonyl (C=O) groups excluding carboxylic acids is 1. The van der Waals surface area contributed by atoms with Crippen LogP contribution in [0.4, 0.5) is 10.7 Å². The number of Topliss-reactive ketones (excluding diaryl/α,β-unsaturated/α-hetero) is 1. The van der Waals surface area contributed by atoms with Crippen molar-refractivity contribution in [3.05, 3.63) is 4.88 Å². The minimum atomic E-state index is -3.46. The predicted octanol–water partition coefficient (Wildman–Crippen LogP) is 2.54. The van der Waals surface area contributed by atoms with Crippen LogP contribution in [-0.4, -0.2) is 26.0 Å². The Hall–Kier alpha value is -1.08. The highest BCUT2D eigenvalue weighted by Crippen LogP contribution is 2.40. The Labute approximate surface area is 118 Å². The van der Waals surface area contributed by atoms with Gasteiger partial charge in [-0.25, -0.2) is 8.42 Å². The van der Waals surface area contributed by atoms with Crippen molar-refractivity contribution >= 4 is 37.6 Å². The van der Waals surface area contributed by atoms with Gasteiger partial charge in [-0.3, -0.25) is 4.79 Å². The Morgan fingerprint density at radius 3 is 2.37 bits per heavy atom. The molecule has 0 radical (unpaired) electrons. The lowest BCUT2D eigenvalue weighted by atomic mass is 10.2. The molecule has 7 heteroatoms. The van der Waals surface area contributed by atoms with Crippen LogP contribution in [0, 0.1) is 0 Å².